The van der Waals surface area contributed by atoms with Crippen LogP contribution >= 0.6 is 11.8 Å². The standard InChI is InChI=1S/C25H23N3O4S/c1-17(29)15-28-24(31)19-11-5-6-12-20(19)27-25(28)33-16-23(30)26-21-13-7-8-14-22(21)32-18-9-3-2-4-10-18/h2-14,17,29H,15-16H2,1H3,(H,26,30). The van der Waals surface area contributed by atoms with E-state index in [4.69, 9.17) is 4.74 Å². The van der Waals surface area contributed by atoms with Crippen LogP contribution in [0, 0.1) is 0 Å². The molecule has 1 unspecified atom stereocenters. The van der Waals surface area contributed by atoms with Gasteiger partial charge in [-0.3, -0.25) is 14.2 Å². The van der Waals surface area contributed by atoms with Gasteiger partial charge in [0, 0.05) is 0 Å². The van der Waals surface area contributed by atoms with E-state index < -0.39 is 6.10 Å². The number of aliphatic hydroxyl groups excluding tert-OH is 1. The monoisotopic (exact) mass is 461 g/mol. The second kappa shape index (κ2) is 10.3. The van der Waals surface area contributed by atoms with Gasteiger partial charge in [-0.05, 0) is 43.3 Å². The number of amides is 1. The van der Waals surface area contributed by atoms with Gasteiger partial charge in [-0.15, -0.1) is 0 Å². The van der Waals surface area contributed by atoms with E-state index in [2.05, 4.69) is 10.3 Å². The molecule has 33 heavy (non-hydrogen) atoms. The molecule has 8 heteroatoms. The van der Waals surface area contributed by atoms with Gasteiger partial charge >= 0.3 is 0 Å². The molecule has 0 saturated heterocycles. The third-order valence-electron chi connectivity index (χ3n) is 4.74. The zero-order valence-electron chi connectivity index (χ0n) is 18.0. The highest BCUT2D eigenvalue weighted by atomic mass is 32.2. The summed E-state index contributed by atoms with van der Waals surface area (Å²) in [5.74, 6) is 0.952. The van der Waals surface area contributed by atoms with Crippen molar-refractivity contribution < 1.29 is 14.6 Å². The highest BCUT2D eigenvalue weighted by molar-refractivity contribution is 7.99. The summed E-state index contributed by atoms with van der Waals surface area (Å²) in [6.07, 6.45) is -0.735. The number of thioether (sulfide) groups is 1. The van der Waals surface area contributed by atoms with E-state index in [1.54, 1.807) is 43.3 Å². The van der Waals surface area contributed by atoms with Crippen LogP contribution in [0.4, 0.5) is 5.69 Å². The summed E-state index contributed by atoms with van der Waals surface area (Å²) in [7, 11) is 0. The molecular formula is C25H23N3O4S. The van der Waals surface area contributed by atoms with Crippen LogP contribution in [-0.2, 0) is 11.3 Å². The Labute approximate surface area is 195 Å². The zero-order valence-corrected chi connectivity index (χ0v) is 18.8. The maximum absolute atomic E-state index is 12.9. The summed E-state index contributed by atoms with van der Waals surface area (Å²) in [5.41, 5.74) is 0.847. The number of carbonyl (C=O) groups is 1. The van der Waals surface area contributed by atoms with Crippen molar-refractivity contribution in [3.05, 3.63) is 89.2 Å². The van der Waals surface area contributed by atoms with E-state index >= 15 is 0 Å². The van der Waals surface area contributed by atoms with E-state index in [0.717, 1.165) is 11.8 Å². The molecule has 4 aromatic rings. The molecule has 3 aromatic carbocycles. The Kier molecular flexibility index (Phi) is 7.07. The molecule has 0 radical (unpaired) electrons. The van der Waals surface area contributed by atoms with Crippen molar-refractivity contribution in [3.63, 3.8) is 0 Å². The van der Waals surface area contributed by atoms with Crippen LogP contribution in [0.1, 0.15) is 6.92 Å². The van der Waals surface area contributed by atoms with Crippen molar-refractivity contribution in [2.24, 2.45) is 0 Å². The summed E-state index contributed by atoms with van der Waals surface area (Å²) in [5, 5.41) is 13.6. The predicted octanol–water partition coefficient (Wildman–Crippen LogP) is 4.30. The molecule has 1 aromatic heterocycles. The minimum Gasteiger partial charge on any atom is -0.455 e. The minimum atomic E-state index is -0.735. The summed E-state index contributed by atoms with van der Waals surface area (Å²) in [6, 6.07) is 23.5. The van der Waals surface area contributed by atoms with Gasteiger partial charge in [-0.2, -0.15) is 0 Å². The van der Waals surface area contributed by atoms with Crippen molar-refractivity contribution in [2.75, 3.05) is 11.1 Å². The Morgan fingerprint density at radius 1 is 1.06 bits per heavy atom. The molecule has 1 atom stereocenters. The van der Waals surface area contributed by atoms with Crippen LogP contribution in [0.25, 0.3) is 10.9 Å². The summed E-state index contributed by atoms with van der Waals surface area (Å²) < 4.78 is 7.31. The summed E-state index contributed by atoms with van der Waals surface area (Å²) >= 11 is 1.14. The van der Waals surface area contributed by atoms with Gasteiger partial charge in [-0.1, -0.05) is 54.2 Å². The van der Waals surface area contributed by atoms with Crippen LogP contribution < -0.4 is 15.6 Å². The Bertz CT molecular complexity index is 1320. The van der Waals surface area contributed by atoms with E-state index in [1.165, 1.54) is 4.57 Å². The number of nitrogens with zero attached hydrogens (tertiary/aromatic N) is 2. The number of nitrogens with one attached hydrogen (secondary N) is 1. The zero-order chi connectivity index (χ0) is 23.2. The predicted molar refractivity (Wildman–Crippen MR) is 130 cm³/mol. The number of anilines is 1. The van der Waals surface area contributed by atoms with E-state index in [-0.39, 0.29) is 23.8 Å². The first-order valence-corrected chi connectivity index (χ1v) is 11.4. The van der Waals surface area contributed by atoms with Gasteiger partial charge in [0.2, 0.25) is 5.91 Å². The Morgan fingerprint density at radius 2 is 1.76 bits per heavy atom. The molecule has 4 rings (SSSR count). The number of carbonyl (C=O) groups excluding carboxylic acids is 1. The topological polar surface area (TPSA) is 93.5 Å². The number of rotatable bonds is 8. The third-order valence-corrected chi connectivity index (χ3v) is 5.71. The SMILES string of the molecule is CC(O)Cn1c(SCC(=O)Nc2ccccc2Oc2ccccc2)nc2ccccc2c1=O. The lowest BCUT2D eigenvalue weighted by Crippen LogP contribution is -2.28. The molecule has 2 N–H and O–H groups in total. The molecule has 7 nitrogen and oxygen atoms in total. The van der Waals surface area contributed by atoms with Gasteiger partial charge in [-0.25, -0.2) is 4.98 Å². The van der Waals surface area contributed by atoms with Crippen LogP contribution in [-0.4, -0.2) is 32.4 Å². The van der Waals surface area contributed by atoms with Crippen LogP contribution in [0.15, 0.2) is 88.8 Å². The van der Waals surface area contributed by atoms with Gasteiger partial charge in [0.05, 0.1) is 35.0 Å². The van der Waals surface area contributed by atoms with Crippen molar-refractivity contribution >= 4 is 34.3 Å². The first-order chi connectivity index (χ1) is 16.0. The molecule has 1 amide bonds. The average Bonchev–Trinajstić information content (AvgIpc) is 2.81. The average molecular weight is 462 g/mol. The molecule has 0 saturated carbocycles. The Morgan fingerprint density at radius 3 is 2.55 bits per heavy atom. The van der Waals surface area contributed by atoms with Gasteiger partial charge in [0.25, 0.3) is 5.56 Å². The van der Waals surface area contributed by atoms with Crippen LogP contribution in [0.5, 0.6) is 11.5 Å². The summed E-state index contributed by atoms with van der Waals surface area (Å²) in [6.45, 7) is 1.70. The molecule has 1 heterocycles. The number of benzene rings is 3. The first-order valence-electron chi connectivity index (χ1n) is 10.4. The Balaban J connectivity index is 1.51. The van der Waals surface area contributed by atoms with Crippen LogP contribution in [0.2, 0.25) is 0 Å². The molecule has 0 bridgehead atoms. The van der Waals surface area contributed by atoms with Crippen molar-refractivity contribution in [1.29, 1.82) is 0 Å². The minimum absolute atomic E-state index is 0.0320. The third kappa shape index (κ3) is 5.60. The molecule has 0 aliphatic carbocycles. The van der Waals surface area contributed by atoms with Gasteiger partial charge < -0.3 is 15.2 Å². The normalized spacial score (nSPS) is 11.8. The molecule has 0 aliphatic heterocycles. The number of aromatic nitrogens is 2. The Hall–Kier alpha value is -3.62. The van der Waals surface area contributed by atoms with Gasteiger partial charge in [0.15, 0.2) is 10.9 Å². The lowest BCUT2D eigenvalue weighted by atomic mass is 10.2. The van der Waals surface area contributed by atoms with E-state index in [9.17, 15) is 14.7 Å². The summed E-state index contributed by atoms with van der Waals surface area (Å²) in [4.78, 5) is 30.2. The maximum atomic E-state index is 12.9. The molecular weight excluding hydrogens is 438 g/mol. The fourth-order valence-electron chi connectivity index (χ4n) is 3.27. The quantitative estimate of drug-likeness (QED) is 0.300. The van der Waals surface area contributed by atoms with Crippen molar-refractivity contribution in [2.45, 2.75) is 24.7 Å². The lowest BCUT2D eigenvalue weighted by Gasteiger charge is -2.15. The van der Waals surface area contributed by atoms with Crippen LogP contribution in [0.3, 0.4) is 0 Å². The molecule has 0 aliphatic rings. The number of hydrogen-bond acceptors (Lipinski definition) is 6. The van der Waals surface area contributed by atoms with Crippen molar-refractivity contribution in [3.8, 4) is 11.5 Å². The number of fused-ring (bicyclic) bond motifs is 1. The van der Waals surface area contributed by atoms with E-state index in [1.807, 2.05) is 42.5 Å². The highest BCUT2D eigenvalue weighted by Crippen LogP contribution is 2.29. The van der Waals surface area contributed by atoms with E-state index in [0.29, 0.717) is 33.2 Å². The first kappa shape index (κ1) is 22.6. The maximum Gasteiger partial charge on any atom is 0.262 e. The second-order valence-corrected chi connectivity index (χ2v) is 8.37. The molecule has 0 fully saturated rings. The number of hydrogen-bond donors (Lipinski definition) is 2. The fourth-order valence-corrected chi connectivity index (χ4v) is 4.08. The molecule has 168 valence electrons. The largest absolute Gasteiger partial charge is 0.455 e. The highest BCUT2D eigenvalue weighted by Gasteiger charge is 2.15. The fraction of sp³-hybridized carbons (Fsp3) is 0.160. The lowest BCUT2D eigenvalue weighted by molar-refractivity contribution is -0.113. The number of ether oxygens (including phenoxy) is 1. The molecule has 0 spiro atoms. The smallest absolute Gasteiger partial charge is 0.262 e. The number of para-hydroxylation sites is 4. The second-order valence-electron chi connectivity index (χ2n) is 7.42. The number of aliphatic hydroxyl groups is 1. The van der Waals surface area contributed by atoms with Crippen molar-refractivity contribution in [1.82, 2.24) is 9.55 Å². The van der Waals surface area contributed by atoms with Gasteiger partial charge in [0.1, 0.15) is 5.75 Å².